The number of nitriles is 1. The van der Waals surface area contributed by atoms with E-state index in [1.807, 2.05) is 43.3 Å². The first-order chi connectivity index (χ1) is 13.0. The van der Waals surface area contributed by atoms with Gasteiger partial charge >= 0.3 is 6.09 Å². The van der Waals surface area contributed by atoms with E-state index in [1.165, 1.54) is 0 Å². The van der Waals surface area contributed by atoms with Crippen molar-refractivity contribution in [2.75, 3.05) is 10.6 Å². The van der Waals surface area contributed by atoms with Crippen molar-refractivity contribution in [1.29, 1.82) is 5.26 Å². The van der Waals surface area contributed by atoms with Gasteiger partial charge in [0, 0.05) is 17.4 Å². The van der Waals surface area contributed by atoms with Crippen LogP contribution in [-0.4, -0.2) is 23.3 Å². The fraction of sp³-hybridized carbons (Fsp3) is 0.333. The lowest BCUT2D eigenvalue weighted by Crippen LogP contribution is -2.48. The largest absolute Gasteiger partial charge is 0.465 e. The summed E-state index contributed by atoms with van der Waals surface area (Å²) < 4.78 is 0. The van der Waals surface area contributed by atoms with E-state index in [0.29, 0.717) is 5.56 Å². The molecular weight excluding hydrogens is 340 g/mol. The lowest BCUT2D eigenvalue weighted by Gasteiger charge is -2.32. The number of benzene rings is 2. The van der Waals surface area contributed by atoms with E-state index in [1.54, 1.807) is 6.07 Å². The average Bonchev–Trinajstić information content (AvgIpc) is 2.63. The van der Waals surface area contributed by atoms with Crippen molar-refractivity contribution >= 4 is 23.2 Å². The van der Waals surface area contributed by atoms with Gasteiger partial charge < -0.3 is 21.1 Å². The molecule has 1 aliphatic rings. The Morgan fingerprint density at radius 2 is 1.89 bits per heavy atom. The summed E-state index contributed by atoms with van der Waals surface area (Å²) in [6.45, 7) is 2.02. The zero-order valence-electron chi connectivity index (χ0n) is 15.3. The third-order valence-electron chi connectivity index (χ3n) is 4.86. The summed E-state index contributed by atoms with van der Waals surface area (Å²) in [6.07, 6.45) is 2.84. The number of nitrogens with zero attached hydrogens (tertiary/aromatic N) is 1. The Hall–Kier alpha value is -3.20. The van der Waals surface area contributed by atoms with Gasteiger partial charge in [-0.3, -0.25) is 0 Å². The summed E-state index contributed by atoms with van der Waals surface area (Å²) in [5.74, 6) is 0. The summed E-state index contributed by atoms with van der Waals surface area (Å²) in [5.41, 5.74) is 4.22. The minimum absolute atomic E-state index is 0.0367. The summed E-state index contributed by atoms with van der Waals surface area (Å²) in [5, 5.41) is 27.9. The molecule has 0 spiro atoms. The van der Waals surface area contributed by atoms with Crippen LogP contribution in [0.4, 0.5) is 21.9 Å². The second kappa shape index (κ2) is 8.45. The summed E-state index contributed by atoms with van der Waals surface area (Å²) in [4.78, 5) is 11.0. The highest BCUT2D eigenvalue weighted by Gasteiger charge is 2.26. The van der Waals surface area contributed by atoms with Crippen LogP contribution in [0, 0.1) is 18.3 Å². The fourth-order valence-corrected chi connectivity index (χ4v) is 3.56. The van der Waals surface area contributed by atoms with Crippen LogP contribution in [0.15, 0.2) is 42.5 Å². The maximum absolute atomic E-state index is 11.0. The van der Waals surface area contributed by atoms with Gasteiger partial charge in [-0.1, -0.05) is 25.0 Å². The maximum Gasteiger partial charge on any atom is 0.404 e. The van der Waals surface area contributed by atoms with E-state index in [0.717, 1.165) is 48.3 Å². The van der Waals surface area contributed by atoms with Crippen molar-refractivity contribution in [1.82, 2.24) is 5.32 Å². The van der Waals surface area contributed by atoms with Crippen molar-refractivity contribution < 1.29 is 9.90 Å². The first-order valence-electron chi connectivity index (χ1n) is 9.19. The molecule has 3 rings (SSSR count). The number of rotatable bonds is 5. The summed E-state index contributed by atoms with van der Waals surface area (Å²) >= 11 is 0. The molecule has 0 aliphatic heterocycles. The lowest BCUT2D eigenvalue weighted by atomic mass is 9.90. The van der Waals surface area contributed by atoms with Crippen LogP contribution < -0.4 is 16.0 Å². The van der Waals surface area contributed by atoms with E-state index in [2.05, 4.69) is 22.0 Å². The quantitative estimate of drug-likeness (QED) is 0.622. The Morgan fingerprint density at radius 1 is 1.11 bits per heavy atom. The topological polar surface area (TPSA) is 97.2 Å². The lowest BCUT2D eigenvalue weighted by molar-refractivity contribution is 0.184. The van der Waals surface area contributed by atoms with Gasteiger partial charge in [0.15, 0.2) is 0 Å². The van der Waals surface area contributed by atoms with Gasteiger partial charge in [0.05, 0.1) is 17.3 Å². The number of hydrogen-bond donors (Lipinski definition) is 4. The number of carbonyl (C=O) groups is 1. The molecule has 0 aromatic heterocycles. The molecule has 1 fully saturated rings. The normalized spacial score (nSPS) is 19.0. The molecule has 0 bridgehead atoms. The van der Waals surface area contributed by atoms with E-state index in [9.17, 15) is 10.1 Å². The van der Waals surface area contributed by atoms with Gasteiger partial charge in [-0.05, 0) is 55.7 Å². The highest BCUT2D eigenvalue weighted by Crippen LogP contribution is 2.28. The first-order valence-corrected chi connectivity index (χ1v) is 9.19. The molecule has 1 saturated carbocycles. The summed E-state index contributed by atoms with van der Waals surface area (Å²) in [7, 11) is 0. The van der Waals surface area contributed by atoms with Crippen LogP contribution in [0.25, 0.3) is 0 Å². The highest BCUT2D eigenvalue weighted by atomic mass is 16.4. The van der Waals surface area contributed by atoms with Gasteiger partial charge in [0.2, 0.25) is 0 Å². The summed E-state index contributed by atoms with van der Waals surface area (Å²) in [6, 6.07) is 15.7. The third-order valence-corrected chi connectivity index (χ3v) is 4.86. The fourth-order valence-electron chi connectivity index (χ4n) is 3.56. The SMILES string of the molecule is Cc1cccc(Nc2cc(NC3CCCCC3NC(=O)O)ccc2C#N)c1. The number of carboxylic acid groups (broad SMARTS) is 1. The molecule has 2 aromatic carbocycles. The molecule has 0 saturated heterocycles. The molecular formula is C21H24N4O2. The number of nitrogens with one attached hydrogen (secondary N) is 3. The smallest absolute Gasteiger partial charge is 0.404 e. The molecule has 6 heteroatoms. The molecule has 2 aromatic rings. The number of amides is 1. The number of anilines is 3. The third kappa shape index (κ3) is 4.91. The molecule has 1 aliphatic carbocycles. The van der Waals surface area contributed by atoms with Gasteiger partial charge in [-0.15, -0.1) is 0 Å². The Morgan fingerprint density at radius 3 is 2.59 bits per heavy atom. The van der Waals surface area contributed by atoms with E-state index >= 15 is 0 Å². The van der Waals surface area contributed by atoms with Crippen molar-refractivity contribution in [3.8, 4) is 6.07 Å². The Kier molecular flexibility index (Phi) is 5.82. The highest BCUT2D eigenvalue weighted by molar-refractivity contribution is 5.71. The van der Waals surface area contributed by atoms with Gasteiger partial charge in [-0.2, -0.15) is 5.26 Å². The molecule has 2 atom stereocenters. The van der Waals surface area contributed by atoms with Crippen molar-refractivity contribution in [2.24, 2.45) is 0 Å². The van der Waals surface area contributed by atoms with Gasteiger partial charge in [0.25, 0.3) is 0 Å². The predicted octanol–water partition coefficient (Wildman–Crippen LogP) is 4.60. The van der Waals surface area contributed by atoms with Crippen LogP contribution in [-0.2, 0) is 0 Å². The molecule has 140 valence electrons. The van der Waals surface area contributed by atoms with Crippen molar-refractivity contribution in [3.05, 3.63) is 53.6 Å². The second-order valence-corrected chi connectivity index (χ2v) is 6.96. The van der Waals surface area contributed by atoms with E-state index in [-0.39, 0.29) is 12.1 Å². The molecule has 4 N–H and O–H groups in total. The standard InChI is InChI=1S/C21H24N4O2/c1-14-5-4-6-16(11-14)24-20-12-17(10-9-15(20)13-22)23-18-7-2-3-8-19(18)25-21(26)27/h4-6,9-12,18-19,23-25H,2-3,7-8H2,1H3,(H,26,27). The van der Waals surface area contributed by atoms with Gasteiger partial charge in [0.1, 0.15) is 6.07 Å². The minimum atomic E-state index is -0.990. The number of aryl methyl sites for hydroxylation is 1. The Balaban J connectivity index is 1.80. The van der Waals surface area contributed by atoms with Gasteiger partial charge in [-0.25, -0.2) is 4.79 Å². The second-order valence-electron chi connectivity index (χ2n) is 6.96. The molecule has 0 heterocycles. The predicted molar refractivity (Wildman–Crippen MR) is 106 cm³/mol. The maximum atomic E-state index is 11.0. The Bertz CT molecular complexity index is 860. The average molecular weight is 364 g/mol. The molecule has 2 unspecified atom stereocenters. The Labute approximate surface area is 159 Å². The molecule has 1 amide bonds. The number of hydrogen-bond acceptors (Lipinski definition) is 4. The molecule has 6 nitrogen and oxygen atoms in total. The van der Waals surface area contributed by atoms with Crippen LogP contribution in [0.3, 0.4) is 0 Å². The van der Waals surface area contributed by atoms with Crippen LogP contribution in [0.5, 0.6) is 0 Å². The van der Waals surface area contributed by atoms with Crippen molar-refractivity contribution in [3.63, 3.8) is 0 Å². The molecule has 0 radical (unpaired) electrons. The van der Waals surface area contributed by atoms with Crippen molar-refractivity contribution in [2.45, 2.75) is 44.7 Å². The van der Waals surface area contributed by atoms with E-state index < -0.39 is 6.09 Å². The zero-order valence-corrected chi connectivity index (χ0v) is 15.3. The first kappa shape index (κ1) is 18.6. The minimum Gasteiger partial charge on any atom is -0.465 e. The monoisotopic (exact) mass is 364 g/mol. The van der Waals surface area contributed by atoms with Crippen LogP contribution >= 0.6 is 0 Å². The zero-order chi connectivity index (χ0) is 19.2. The van der Waals surface area contributed by atoms with Crippen LogP contribution in [0.1, 0.15) is 36.8 Å². The van der Waals surface area contributed by atoms with Crippen LogP contribution in [0.2, 0.25) is 0 Å². The van der Waals surface area contributed by atoms with E-state index in [4.69, 9.17) is 5.11 Å². The molecule has 27 heavy (non-hydrogen) atoms.